The minimum atomic E-state index is -0.711. The van der Waals surface area contributed by atoms with Gasteiger partial charge in [-0.15, -0.1) is 0 Å². The average Bonchev–Trinajstić information content (AvgIpc) is 2.71. The number of fused-ring (bicyclic) bond motifs is 1. The Bertz CT molecular complexity index is 1130. The van der Waals surface area contributed by atoms with Gasteiger partial charge in [0.05, 0.1) is 22.9 Å². The van der Waals surface area contributed by atoms with Crippen LogP contribution >= 0.6 is 0 Å². The predicted octanol–water partition coefficient (Wildman–Crippen LogP) is 1.38. The molecule has 1 atom stereocenters. The van der Waals surface area contributed by atoms with Crippen molar-refractivity contribution in [3.63, 3.8) is 0 Å². The van der Waals surface area contributed by atoms with Gasteiger partial charge in [-0.2, -0.15) is 5.26 Å². The smallest absolute Gasteiger partial charge is 0.253 e. The summed E-state index contributed by atoms with van der Waals surface area (Å²) in [6.07, 6.45) is 0.855. The van der Waals surface area contributed by atoms with Crippen molar-refractivity contribution in [2.24, 2.45) is 0 Å². The number of nitrogen functional groups attached to an aromatic ring is 1. The van der Waals surface area contributed by atoms with Gasteiger partial charge in [0, 0.05) is 24.9 Å². The normalized spacial score (nSPS) is 11.7. The van der Waals surface area contributed by atoms with E-state index in [1.165, 1.54) is 24.5 Å². The lowest BCUT2D eigenvalue weighted by atomic mass is 10.1. The van der Waals surface area contributed by atoms with Crippen LogP contribution < -0.4 is 16.4 Å². The number of hydrogen-bond donors (Lipinski definition) is 4. The van der Waals surface area contributed by atoms with Gasteiger partial charge in [-0.3, -0.25) is 9.78 Å². The molecule has 1 aromatic carbocycles. The molecule has 0 saturated carbocycles. The zero-order valence-electron chi connectivity index (χ0n) is 16.2. The summed E-state index contributed by atoms with van der Waals surface area (Å²) in [5, 5.41) is 24.8. The maximum atomic E-state index is 13.6. The van der Waals surface area contributed by atoms with E-state index in [0.717, 1.165) is 0 Å². The van der Waals surface area contributed by atoms with Crippen LogP contribution in [0.15, 0.2) is 30.6 Å². The summed E-state index contributed by atoms with van der Waals surface area (Å²) in [5.41, 5.74) is 7.11. The molecular weight excluding hydrogens is 389 g/mol. The minimum absolute atomic E-state index is 0.0686. The van der Waals surface area contributed by atoms with Gasteiger partial charge in [0.15, 0.2) is 0 Å². The number of amides is 1. The SMILES string of the molecule is CC(O)CNC(=O)c1cc2cc(F)ccc2nc1CCNc1ncnc(N)c1C#N. The second-order valence-electron chi connectivity index (χ2n) is 6.65. The van der Waals surface area contributed by atoms with E-state index in [-0.39, 0.29) is 29.3 Å². The molecule has 1 amide bonds. The summed E-state index contributed by atoms with van der Waals surface area (Å²) >= 11 is 0. The molecule has 0 fully saturated rings. The number of hydrogen-bond acceptors (Lipinski definition) is 8. The maximum absolute atomic E-state index is 13.6. The van der Waals surface area contributed by atoms with Gasteiger partial charge >= 0.3 is 0 Å². The maximum Gasteiger partial charge on any atom is 0.253 e. The number of carbonyl (C=O) groups is 1. The zero-order chi connectivity index (χ0) is 21.7. The number of halogens is 1. The summed E-state index contributed by atoms with van der Waals surface area (Å²) in [6, 6.07) is 7.66. The molecule has 3 rings (SSSR count). The van der Waals surface area contributed by atoms with Crippen LogP contribution in [0.25, 0.3) is 10.9 Å². The number of nitrogens with zero attached hydrogens (tertiary/aromatic N) is 4. The van der Waals surface area contributed by atoms with Crippen LogP contribution in [0.3, 0.4) is 0 Å². The first-order valence-corrected chi connectivity index (χ1v) is 9.19. The molecule has 154 valence electrons. The van der Waals surface area contributed by atoms with Crippen LogP contribution in [0.1, 0.15) is 28.5 Å². The number of anilines is 2. The summed E-state index contributed by atoms with van der Waals surface area (Å²) < 4.78 is 13.6. The fourth-order valence-electron chi connectivity index (χ4n) is 2.85. The summed E-state index contributed by atoms with van der Waals surface area (Å²) in [4.78, 5) is 24.9. The highest BCUT2D eigenvalue weighted by molar-refractivity contribution is 5.98. The van der Waals surface area contributed by atoms with E-state index in [4.69, 9.17) is 5.73 Å². The fraction of sp³-hybridized carbons (Fsp3) is 0.250. The Morgan fingerprint density at radius 1 is 1.37 bits per heavy atom. The number of benzene rings is 1. The summed E-state index contributed by atoms with van der Waals surface area (Å²) in [7, 11) is 0. The standard InChI is InChI=1S/C20H20FN7O2/c1-11(29)9-25-20(30)14-7-12-6-13(21)2-3-16(12)28-17(14)4-5-24-19-15(8-22)18(23)26-10-27-19/h2-3,6-7,10-11,29H,4-5,9H2,1H3,(H,25,30)(H3,23,24,26,27). The van der Waals surface area contributed by atoms with Gasteiger partial charge < -0.3 is 21.5 Å². The fourth-order valence-corrected chi connectivity index (χ4v) is 2.85. The van der Waals surface area contributed by atoms with Crippen LogP contribution in [0.2, 0.25) is 0 Å². The Labute approximate surface area is 171 Å². The van der Waals surface area contributed by atoms with Gasteiger partial charge in [0.1, 0.15) is 35.4 Å². The average molecular weight is 409 g/mol. The summed E-state index contributed by atoms with van der Waals surface area (Å²) in [5.74, 6) is -0.500. The third-order valence-electron chi connectivity index (χ3n) is 4.30. The van der Waals surface area contributed by atoms with Gasteiger partial charge in [-0.05, 0) is 31.2 Å². The molecule has 0 bridgehead atoms. The minimum Gasteiger partial charge on any atom is -0.392 e. The molecule has 0 aliphatic carbocycles. The van der Waals surface area contributed by atoms with Crippen molar-refractivity contribution in [2.75, 3.05) is 24.1 Å². The number of nitriles is 1. The molecule has 9 nitrogen and oxygen atoms in total. The quantitative estimate of drug-likeness (QED) is 0.457. The van der Waals surface area contributed by atoms with E-state index >= 15 is 0 Å². The monoisotopic (exact) mass is 409 g/mol. The third-order valence-corrected chi connectivity index (χ3v) is 4.30. The van der Waals surface area contributed by atoms with Crippen LogP contribution in [0, 0.1) is 17.1 Å². The van der Waals surface area contributed by atoms with Crippen molar-refractivity contribution in [3.8, 4) is 6.07 Å². The van der Waals surface area contributed by atoms with Crippen LogP contribution in [0.4, 0.5) is 16.0 Å². The Hall–Kier alpha value is -3.84. The second-order valence-corrected chi connectivity index (χ2v) is 6.65. The Kier molecular flexibility index (Phi) is 6.34. The van der Waals surface area contributed by atoms with E-state index in [1.807, 2.05) is 6.07 Å². The third kappa shape index (κ3) is 4.76. The number of aromatic nitrogens is 3. The van der Waals surface area contributed by atoms with Crippen molar-refractivity contribution < 1.29 is 14.3 Å². The van der Waals surface area contributed by atoms with Crippen LogP contribution in [-0.2, 0) is 6.42 Å². The molecule has 2 heterocycles. The van der Waals surface area contributed by atoms with E-state index in [2.05, 4.69) is 25.6 Å². The number of aliphatic hydroxyl groups excluding tert-OH is 1. The molecule has 5 N–H and O–H groups in total. The number of rotatable bonds is 7. The Balaban J connectivity index is 1.87. The largest absolute Gasteiger partial charge is 0.392 e. The first-order chi connectivity index (χ1) is 14.4. The topological polar surface area (TPSA) is 150 Å². The lowest BCUT2D eigenvalue weighted by Crippen LogP contribution is -2.31. The summed E-state index contributed by atoms with van der Waals surface area (Å²) in [6.45, 7) is 1.93. The van der Waals surface area contributed by atoms with Gasteiger partial charge in [-0.1, -0.05) is 0 Å². The molecule has 0 spiro atoms. The highest BCUT2D eigenvalue weighted by Gasteiger charge is 2.16. The zero-order valence-corrected chi connectivity index (χ0v) is 16.2. The van der Waals surface area contributed by atoms with E-state index in [9.17, 15) is 19.6 Å². The lowest BCUT2D eigenvalue weighted by Gasteiger charge is -2.13. The van der Waals surface area contributed by atoms with E-state index in [1.54, 1.807) is 13.0 Å². The molecule has 0 aliphatic heterocycles. The molecule has 30 heavy (non-hydrogen) atoms. The molecule has 0 radical (unpaired) electrons. The lowest BCUT2D eigenvalue weighted by molar-refractivity contribution is 0.0923. The molecule has 0 saturated heterocycles. The van der Waals surface area contributed by atoms with Crippen molar-refractivity contribution >= 4 is 28.4 Å². The molecule has 10 heteroatoms. The molecule has 3 aromatic rings. The van der Waals surface area contributed by atoms with E-state index < -0.39 is 17.8 Å². The Morgan fingerprint density at radius 3 is 2.90 bits per heavy atom. The second kappa shape index (κ2) is 9.11. The number of carbonyl (C=O) groups excluding carboxylic acids is 1. The highest BCUT2D eigenvalue weighted by Crippen LogP contribution is 2.20. The highest BCUT2D eigenvalue weighted by atomic mass is 19.1. The van der Waals surface area contributed by atoms with Crippen molar-refractivity contribution in [3.05, 3.63) is 53.2 Å². The number of nitrogens with two attached hydrogens (primary N) is 1. The first kappa shape index (κ1) is 20.9. The Morgan fingerprint density at radius 2 is 2.17 bits per heavy atom. The number of aliphatic hydroxyl groups is 1. The van der Waals surface area contributed by atoms with Gasteiger partial charge in [0.25, 0.3) is 5.91 Å². The molecule has 0 aliphatic rings. The van der Waals surface area contributed by atoms with E-state index in [0.29, 0.717) is 29.6 Å². The molecule has 1 unspecified atom stereocenters. The van der Waals surface area contributed by atoms with Gasteiger partial charge in [0.2, 0.25) is 0 Å². The van der Waals surface area contributed by atoms with Gasteiger partial charge in [-0.25, -0.2) is 14.4 Å². The van der Waals surface area contributed by atoms with Crippen LogP contribution in [-0.4, -0.2) is 45.2 Å². The predicted molar refractivity (Wildman–Crippen MR) is 109 cm³/mol. The first-order valence-electron chi connectivity index (χ1n) is 9.19. The number of pyridine rings is 1. The van der Waals surface area contributed by atoms with Crippen molar-refractivity contribution in [1.82, 2.24) is 20.3 Å². The molecular formula is C20H20FN7O2. The van der Waals surface area contributed by atoms with Crippen molar-refractivity contribution in [2.45, 2.75) is 19.4 Å². The molecule has 2 aromatic heterocycles. The number of nitrogens with one attached hydrogen (secondary N) is 2. The van der Waals surface area contributed by atoms with Crippen molar-refractivity contribution in [1.29, 1.82) is 5.26 Å². The van der Waals surface area contributed by atoms with Crippen LogP contribution in [0.5, 0.6) is 0 Å².